The SMILES string of the molecule is O=C(O)OC(Cc1ccccc1)c1ccc([N+](=O)[O-])cc1. The zero-order valence-corrected chi connectivity index (χ0v) is 11.0. The van der Waals surface area contributed by atoms with Crippen LogP contribution in [0.1, 0.15) is 17.2 Å². The summed E-state index contributed by atoms with van der Waals surface area (Å²) in [6, 6.07) is 15.0. The Labute approximate surface area is 120 Å². The number of hydrogen-bond donors (Lipinski definition) is 1. The molecule has 2 aromatic carbocycles. The number of hydrogen-bond acceptors (Lipinski definition) is 4. The zero-order valence-electron chi connectivity index (χ0n) is 11.0. The van der Waals surface area contributed by atoms with Crippen molar-refractivity contribution in [2.24, 2.45) is 0 Å². The lowest BCUT2D eigenvalue weighted by molar-refractivity contribution is -0.384. The molecule has 0 saturated heterocycles. The molecule has 1 atom stereocenters. The average molecular weight is 287 g/mol. The summed E-state index contributed by atoms with van der Waals surface area (Å²) in [6.45, 7) is 0. The van der Waals surface area contributed by atoms with E-state index in [0.717, 1.165) is 5.56 Å². The molecule has 0 bridgehead atoms. The fourth-order valence-corrected chi connectivity index (χ4v) is 1.99. The first kappa shape index (κ1) is 14.5. The molecule has 1 N–H and O–H groups in total. The first-order chi connectivity index (χ1) is 10.1. The van der Waals surface area contributed by atoms with Gasteiger partial charge in [-0.1, -0.05) is 30.3 Å². The Balaban J connectivity index is 2.22. The van der Waals surface area contributed by atoms with Gasteiger partial charge in [-0.25, -0.2) is 4.79 Å². The summed E-state index contributed by atoms with van der Waals surface area (Å²) in [5.41, 5.74) is 1.45. The second-order valence-corrected chi connectivity index (χ2v) is 4.41. The summed E-state index contributed by atoms with van der Waals surface area (Å²) in [4.78, 5) is 20.9. The Kier molecular flexibility index (Phi) is 4.50. The molecule has 0 amide bonds. The number of ether oxygens (including phenoxy) is 1. The number of carboxylic acid groups (broad SMARTS) is 1. The topological polar surface area (TPSA) is 89.7 Å². The van der Waals surface area contributed by atoms with Crippen LogP contribution in [-0.4, -0.2) is 16.2 Å². The summed E-state index contributed by atoms with van der Waals surface area (Å²) in [5.74, 6) is 0. The second-order valence-electron chi connectivity index (χ2n) is 4.41. The molecule has 0 radical (unpaired) electrons. The van der Waals surface area contributed by atoms with Gasteiger partial charge in [0.2, 0.25) is 0 Å². The van der Waals surface area contributed by atoms with E-state index < -0.39 is 17.2 Å². The van der Waals surface area contributed by atoms with Crippen LogP contribution in [0.2, 0.25) is 0 Å². The molecule has 2 aromatic rings. The summed E-state index contributed by atoms with van der Waals surface area (Å²) < 4.78 is 4.89. The van der Waals surface area contributed by atoms with Crippen molar-refractivity contribution < 1.29 is 19.6 Å². The molecule has 6 nitrogen and oxygen atoms in total. The molecular formula is C15H13NO5. The molecule has 0 aromatic heterocycles. The second kappa shape index (κ2) is 6.51. The minimum absolute atomic E-state index is 0.0486. The summed E-state index contributed by atoms with van der Waals surface area (Å²) in [5, 5.41) is 19.5. The number of nitro benzene ring substituents is 1. The number of non-ortho nitro benzene ring substituents is 1. The van der Waals surface area contributed by atoms with Crippen LogP contribution in [-0.2, 0) is 11.2 Å². The van der Waals surface area contributed by atoms with Crippen molar-refractivity contribution in [1.82, 2.24) is 0 Å². The lowest BCUT2D eigenvalue weighted by atomic mass is 10.0. The van der Waals surface area contributed by atoms with Crippen molar-refractivity contribution in [3.63, 3.8) is 0 Å². The third-order valence-corrected chi connectivity index (χ3v) is 2.98. The maximum Gasteiger partial charge on any atom is 0.506 e. The van der Waals surface area contributed by atoms with E-state index in [2.05, 4.69) is 0 Å². The van der Waals surface area contributed by atoms with Crippen molar-refractivity contribution in [3.05, 3.63) is 75.8 Å². The minimum atomic E-state index is -1.38. The molecule has 108 valence electrons. The highest BCUT2D eigenvalue weighted by Crippen LogP contribution is 2.24. The molecule has 2 rings (SSSR count). The maximum absolute atomic E-state index is 10.8. The number of rotatable bonds is 5. The quantitative estimate of drug-likeness (QED) is 0.515. The fraction of sp³-hybridized carbons (Fsp3) is 0.133. The highest BCUT2D eigenvalue weighted by molar-refractivity contribution is 5.57. The summed E-state index contributed by atoms with van der Waals surface area (Å²) in [7, 11) is 0. The molecule has 0 aliphatic rings. The van der Waals surface area contributed by atoms with Gasteiger partial charge in [-0.15, -0.1) is 0 Å². The lowest BCUT2D eigenvalue weighted by Gasteiger charge is -2.16. The number of nitro groups is 1. The third kappa shape index (κ3) is 4.04. The third-order valence-electron chi connectivity index (χ3n) is 2.98. The van der Waals surface area contributed by atoms with Gasteiger partial charge in [0.15, 0.2) is 0 Å². The van der Waals surface area contributed by atoms with Crippen LogP contribution in [0.3, 0.4) is 0 Å². The van der Waals surface area contributed by atoms with E-state index in [1.165, 1.54) is 24.3 Å². The first-order valence-corrected chi connectivity index (χ1v) is 6.24. The Hall–Kier alpha value is -2.89. The van der Waals surface area contributed by atoms with Crippen LogP contribution in [0.4, 0.5) is 10.5 Å². The smallest absolute Gasteiger partial charge is 0.450 e. The van der Waals surface area contributed by atoms with Gasteiger partial charge >= 0.3 is 6.16 Å². The molecule has 0 aliphatic carbocycles. The van der Waals surface area contributed by atoms with E-state index in [1.54, 1.807) is 0 Å². The van der Waals surface area contributed by atoms with Gasteiger partial charge in [0, 0.05) is 18.6 Å². The van der Waals surface area contributed by atoms with E-state index in [1.807, 2.05) is 30.3 Å². The zero-order chi connectivity index (χ0) is 15.2. The number of benzene rings is 2. The standard InChI is InChI=1S/C15H13NO5/c17-15(18)21-14(10-11-4-2-1-3-5-11)12-6-8-13(9-7-12)16(19)20/h1-9,14H,10H2,(H,17,18). The highest BCUT2D eigenvalue weighted by Gasteiger charge is 2.18. The lowest BCUT2D eigenvalue weighted by Crippen LogP contribution is -2.12. The van der Waals surface area contributed by atoms with Crippen molar-refractivity contribution in [3.8, 4) is 0 Å². The summed E-state index contributed by atoms with van der Waals surface area (Å²) in [6.07, 6.45) is -1.72. The number of nitrogens with zero attached hydrogens (tertiary/aromatic N) is 1. The molecule has 0 spiro atoms. The number of carbonyl (C=O) groups is 1. The molecule has 0 fully saturated rings. The van der Waals surface area contributed by atoms with E-state index in [9.17, 15) is 14.9 Å². The Bertz CT molecular complexity index is 624. The van der Waals surface area contributed by atoms with Crippen LogP contribution in [0.5, 0.6) is 0 Å². The van der Waals surface area contributed by atoms with E-state index in [4.69, 9.17) is 9.84 Å². The van der Waals surface area contributed by atoms with Gasteiger partial charge in [0.1, 0.15) is 6.10 Å². The predicted octanol–water partition coefficient (Wildman–Crippen LogP) is 3.57. The van der Waals surface area contributed by atoms with Crippen LogP contribution >= 0.6 is 0 Å². The van der Waals surface area contributed by atoms with Crippen LogP contribution < -0.4 is 0 Å². The normalized spacial score (nSPS) is 11.6. The Morgan fingerprint density at radius 3 is 2.29 bits per heavy atom. The molecule has 0 saturated carbocycles. The van der Waals surface area contributed by atoms with E-state index >= 15 is 0 Å². The van der Waals surface area contributed by atoms with Gasteiger partial charge in [-0.3, -0.25) is 10.1 Å². The first-order valence-electron chi connectivity index (χ1n) is 6.24. The van der Waals surface area contributed by atoms with Crippen LogP contribution in [0, 0.1) is 10.1 Å². The molecular weight excluding hydrogens is 274 g/mol. The maximum atomic E-state index is 10.8. The van der Waals surface area contributed by atoms with Gasteiger partial charge in [0.25, 0.3) is 5.69 Å². The van der Waals surface area contributed by atoms with Crippen LogP contribution in [0.15, 0.2) is 54.6 Å². The molecule has 0 aliphatic heterocycles. The minimum Gasteiger partial charge on any atom is -0.450 e. The van der Waals surface area contributed by atoms with Crippen LogP contribution in [0.25, 0.3) is 0 Å². The van der Waals surface area contributed by atoms with Crippen molar-refractivity contribution in [2.45, 2.75) is 12.5 Å². The van der Waals surface area contributed by atoms with Crippen molar-refractivity contribution in [1.29, 1.82) is 0 Å². The monoisotopic (exact) mass is 287 g/mol. The van der Waals surface area contributed by atoms with Gasteiger partial charge < -0.3 is 9.84 Å². The molecule has 1 unspecified atom stereocenters. The van der Waals surface area contributed by atoms with Crippen molar-refractivity contribution >= 4 is 11.8 Å². The van der Waals surface area contributed by atoms with Gasteiger partial charge in [0.05, 0.1) is 4.92 Å². The predicted molar refractivity (Wildman–Crippen MR) is 75.1 cm³/mol. The summed E-state index contributed by atoms with van der Waals surface area (Å²) >= 11 is 0. The van der Waals surface area contributed by atoms with Gasteiger partial charge in [-0.2, -0.15) is 0 Å². The molecule has 21 heavy (non-hydrogen) atoms. The molecule has 0 heterocycles. The van der Waals surface area contributed by atoms with Crippen molar-refractivity contribution in [2.75, 3.05) is 0 Å². The Morgan fingerprint density at radius 1 is 1.14 bits per heavy atom. The molecule has 6 heteroatoms. The largest absolute Gasteiger partial charge is 0.506 e. The highest BCUT2D eigenvalue weighted by atomic mass is 16.7. The van der Waals surface area contributed by atoms with E-state index in [0.29, 0.717) is 12.0 Å². The fourth-order valence-electron chi connectivity index (χ4n) is 1.99. The van der Waals surface area contributed by atoms with E-state index in [-0.39, 0.29) is 5.69 Å². The average Bonchev–Trinajstić information content (AvgIpc) is 2.47. The Morgan fingerprint density at radius 2 is 1.76 bits per heavy atom. The van der Waals surface area contributed by atoms with Gasteiger partial charge in [-0.05, 0) is 23.3 Å².